The third kappa shape index (κ3) is 4.21. The number of rotatable bonds is 2. The van der Waals surface area contributed by atoms with Crippen molar-refractivity contribution in [3.8, 4) is 0 Å². The lowest BCUT2D eigenvalue weighted by Crippen LogP contribution is -2.12. The van der Waals surface area contributed by atoms with Gasteiger partial charge < -0.3 is 4.55 Å². The van der Waals surface area contributed by atoms with Crippen LogP contribution < -0.4 is 0 Å². The van der Waals surface area contributed by atoms with E-state index in [0.717, 1.165) is 12.8 Å². The molecular weight excluding hydrogens is 172 g/mol. The van der Waals surface area contributed by atoms with Gasteiger partial charge in [0.25, 0.3) is 0 Å². The molecular formula is C9H17O2S-. The van der Waals surface area contributed by atoms with E-state index in [-0.39, 0.29) is 0 Å². The van der Waals surface area contributed by atoms with Crippen molar-refractivity contribution in [2.75, 3.05) is 5.75 Å². The van der Waals surface area contributed by atoms with Crippen molar-refractivity contribution in [1.82, 2.24) is 0 Å². The highest BCUT2D eigenvalue weighted by Gasteiger charge is 2.10. The molecule has 1 rings (SSSR count). The molecule has 0 N–H and O–H groups in total. The lowest BCUT2D eigenvalue weighted by molar-refractivity contribution is 0.399. The number of hydrogen-bond donors (Lipinski definition) is 0. The highest BCUT2D eigenvalue weighted by Crippen LogP contribution is 2.22. The monoisotopic (exact) mass is 189 g/mol. The Labute approximate surface area is 77.0 Å². The lowest BCUT2D eigenvalue weighted by Gasteiger charge is -2.20. The Kier molecular flexibility index (Phi) is 4.84. The topological polar surface area (TPSA) is 40.1 Å². The van der Waals surface area contributed by atoms with Crippen LogP contribution in [0.1, 0.15) is 44.9 Å². The predicted molar refractivity (Wildman–Crippen MR) is 49.6 cm³/mol. The maximum absolute atomic E-state index is 10.5. The second kappa shape index (κ2) is 5.70. The largest absolute Gasteiger partial charge is 0.772 e. The van der Waals surface area contributed by atoms with Crippen LogP contribution in [0, 0.1) is 5.92 Å². The Hall–Kier alpha value is 0.110. The van der Waals surface area contributed by atoms with Crippen LogP contribution in [-0.4, -0.2) is 14.5 Å². The molecule has 2 nitrogen and oxygen atoms in total. The SMILES string of the molecule is O=S([O-])CC1CCCCCCC1. The quantitative estimate of drug-likeness (QED) is 0.625. The van der Waals surface area contributed by atoms with Gasteiger partial charge in [-0.05, 0) is 18.8 Å². The van der Waals surface area contributed by atoms with Crippen molar-refractivity contribution < 1.29 is 8.76 Å². The van der Waals surface area contributed by atoms with E-state index in [2.05, 4.69) is 0 Å². The van der Waals surface area contributed by atoms with E-state index in [4.69, 9.17) is 0 Å². The summed E-state index contributed by atoms with van der Waals surface area (Å²) in [5.74, 6) is 0.837. The molecule has 3 heteroatoms. The van der Waals surface area contributed by atoms with E-state index in [1.54, 1.807) is 0 Å². The van der Waals surface area contributed by atoms with Crippen molar-refractivity contribution in [1.29, 1.82) is 0 Å². The summed E-state index contributed by atoms with van der Waals surface area (Å²) in [5, 5.41) is 0. The van der Waals surface area contributed by atoms with Gasteiger partial charge in [0.05, 0.1) is 0 Å². The first-order valence-electron chi connectivity index (χ1n) is 4.85. The lowest BCUT2D eigenvalue weighted by atomic mass is 9.93. The summed E-state index contributed by atoms with van der Waals surface area (Å²) in [6, 6.07) is 0. The first-order chi connectivity index (χ1) is 5.79. The van der Waals surface area contributed by atoms with Crippen molar-refractivity contribution >= 4 is 11.1 Å². The van der Waals surface area contributed by atoms with Gasteiger partial charge in [-0.15, -0.1) is 0 Å². The Balaban J connectivity index is 2.24. The van der Waals surface area contributed by atoms with E-state index in [1.807, 2.05) is 0 Å². The van der Waals surface area contributed by atoms with Crippen LogP contribution in [0.2, 0.25) is 0 Å². The van der Waals surface area contributed by atoms with Crippen molar-refractivity contribution in [3.05, 3.63) is 0 Å². The van der Waals surface area contributed by atoms with E-state index < -0.39 is 11.1 Å². The fraction of sp³-hybridized carbons (Fsp3) is 1.00. The third-order valence-electron chi connectivity index (χ3n) is 2.60. The summed E-state index contributed by atoms with van der Waals surface area (Å²) in [4.78, 5) is 0. The van der Waals surface area contributed by atoms with Gasteiger partial charge in [0.2, 0.25) is 0 Å². The molecule has 1 aliphatic rings. The van der Waals surface area contributed by atoms with E-state index >= 15 is 0 Å². The Morgan fingerprint density at radius 3 is 2.08 bits per heavy atom. The average Bonchev–Trinajstić information content (AvgIpc) is 1.93. The first-order valence-corrected chi connectivity index (χ1v) is 6.09. The summed E-state index contributed by atoms with van der Waals surface area (Å²) in [6.07, 6.45) is 8.61. The second-order valence-electron chi connectivity index (χ2n) is 3.68. The molecule has 1 unspecified atom stereocenters. The van der Waals surface area contributed by atoms with Crippen LogP contribution in [-0.2, 0) is 11.1 Å². The third-order valence-corrected chi connectivity index (χ3v) is 3.34. The first kappa shape index (κ1) is 10.2. The normalized spacial score (nSPS) is 24.4. The summed E-state index contributed by atoms with van der Waals surface area (Å²) in [7, 11) is 0. The summed E-state index contributed by atoms with van der Waals surface area (Å²) >= 11 is -1.83. The second-order valence-corrected chi connectivity index (χ2v) is 4.62. The maximum Gasteiger partial charge on any atom is 0.0130 e. The maximum atomic E-state index is 10.5. The van der Waals surface area contributed by atoms with Gasteiger partial charge in [-0.3, -0.25) is 4.21 Å². The molecule has 0 aromatic carbocycles. The zero-order chi connectivity index (χ0) is 8.81. The van der Waals surface area contributed by atoms with Crippen molar-refractivity contribution in [2.45, 2.75) is 44.9 Å². The molecule has 0 amide bonds. The van der Waals surface area contributed by atoms with Gasteiger partial charge in [-0.25, -0.2) is 0 Å². The minimum atomic E-state index is -1.83. The molecule has 0 heterocycles. The molecule has 0 spiro atoms. The zero-order valence-electron chi connectivity index (χ0n) is 7.46. The highest BCUT2D eigenvalue weighted by atomic mass is 32.2. The Morgan fingerprint density at radius 1 is 1.08 bits per heavy atom. The van der Waals surface area contributed by atoms with Gasteiger partial charge >= 0.3 is 0 Å². The van der Waals surface area contributed by atoms with Gasteiger partial charge in [0.15, 0.2) is 0 Å². The van der Waals surface area contributed by atoms with Gasteiger partial charge in [-0.1, -0.05) is 43.2 Å². The zero-order valence-corrected chi connectivity index (χ0v) is 8.28. The Morgan fingerprint density at radius 2 is 1.58 bits per heavy atom. The molecule has 0 saturated heterocycles. The van der Waals surface area contributed by atoms with Crippen LogP contribution in [0.25, 0.3) is 0 Å². The molecule has 0 aromatic heterocycles. The van der Waals surface area contributed by atoms with Crippen molar-refractivity contribution in [3.63, 3.8) is 0 Å². The van der Waals surface area contributed by atoms with Crippen LogP contribution in [0.3, 0.4) is 0 Å². The van der Waals surface area contributed by atoms with Gasteiger partial charge in [0.1, 0.15) is 0 Å². The Bertz CT molecular complexity index is 139. The molecule has 12 heavy (non-hydrogen) atoms. The van der Waals surface area contributed by atoms with Crippen LogP contribution >= 0.6 is 0 Å². The highest BCUT2D eigenvalue weighted by molar-refractivity contribution is 7.79. The molecule has 0 aromatic rings. The standard InChI is InChI=1S/C9H18O2S/c10-12(11)8-9-6-4-2-1-3-5-7-9/h9H,1-8H2,(H,10,11)/p-1. The van der Waals surface area contributed by atoms with Gasteiger partial charge in [0, 0.05) is 5.75 Å². The minimum absolute atomic E-state index is 0.389. The van der Waals surface area contributed by atoms with E-state index in [0.29, 0.717) is 11.7 Å². The fourth-order valence-electron chi connectivity index (χ4n) is 1.90. The molecule has 1 aliphatic carbocycles. The van der Waals surface area contributed by atoms with E-state index in [9.17, 15) is 8.76 Å². The average molecular weight is 189 g/mol. The summed E-state index contributed by atoms with van der Waals surface area (Å²) < 4.78 is 20.9. The number of hydrogen-bond acceptors (Lipinski definition) is 2. The van der Waals surface area contributed by atoms with Crippen LogP contribution in [0.4, 0.5) is 0 Å². The molecule has 0 radical (unpaired) electrons. The molecule has 1 atom stereocenters. The molecule has 0 aliphatic heterocycles. The van der Waals surface area contributed by atoms with Crippen LogP contribution in [0.15, 0.2) is 0 Å². The molecule has 0 bridgehead atoms. The van der Waals surface area contributed by atoms with Crippen LogP contribution in [0.5, 0.6) is 0 Å². The van der Waals surface area contributed by atoms with Crippen molar-refractivity contribution in [2.24, 2.45) is 5.92 Å². The molecule has 1 fully saturated rings. The predicted octanol–water partition coefficient (Wildman–Crippen LogP) is 2.23. The fourth-order valence-corrected chi connectivity index (χ4v) is 2.62. The smallest absolute Gasteiger partial charge is 0.0130 e. The summed E-state index contributed by atoms with van der Waals surface area (Å²) in [6.45, 7) is 0. The molecule has 72 valence electrons. The summed E-state index contributed by atoms with van der Waals surface area (Å²) in [5.41, 5.74) is 0. The van der Waals surface area contributed by atoms with Gasteiger partial charge in [-0.2, -0.15) is 0 Å². The molecule has 1 saturated carbocycles. The minimum Gasteiger partial charge on any atom is -0.772 e. The van der Waals surface area contributed by atoms with E-state index in [1.165, 1.54) is 32.1 Å².